The van der Waals surface area contributed by atoms with E-state index in [1.165, 1.54) is 6.08 Å². The zero-order valence-electron chi connectivity index (χ0n) is 15.3. The predicted molar refractivity (Wildman–Crippen MR) is 102 cm³/mol. The van der Waals surface area contributed by atoms with Gasteiger partial charge in [-0.2, -0.15) is 11.8 Å². The summed E-state index contributed by atoms with van der Waals surface area (Å²) >= 11 is 1.56. The van der Waals surface area contributed by atoms with Gasteiger partial charge in [-0.05, 0) is 26.3 Å². The standard InChI is InChI=1S/C19H27NO4S/c1-6-12-23-17(21)16(20-18(22)24-19(3,4)5)14(2)25-13-15-10-8-7-9-11-15/h6-11,14,16H,1,12-13H2,2-5H3,(H,20,22)/t14-,16+/m0/s1. The lowest BCUT2D eigenvalue weighted by Crippen LogP contribution is -2.49. The minimum Gasteiger partial charge on any atom is -0.460 e. The largest absolute Gasteiger partial charge is 0.460 e. The molecule has 0 radical (unpaired) electrons. The minimum atomic E-state index is -0.802. The number of benzene rings is 1. The summed E-state index contributed by atoms with van der Waals surface area (Å²) < 4.78 is 10.4. The van der Waals surface area contributed by atoms with E-state index in [2.05, 4.69) is 11.9 Å². The second kappa shape index (κ2) is 10.1. The Balaban J connectivity index is 2.72. The average molecular weight is 365 g/mol. The Hall–Kier alpha value is -1.95. The van der Waals surface area contributed by atoms with Crippen LogP contribution in [0.3, 0.4) is 0 Å². The van der Waals surface area contributed by atoms with Crippen molar-refractivity contribution in [2.24, 2.45) is 0 Å². The number of carbonyl (C=O) groups is 2. The van der Waals surface area contributed by atoms with Crippen molar-refractivity contribution in [1.82, 2.24) is 5.32 Å². The molecule has 0 aliphatic rings. The van der Waals surface area contributed by atoms with Crippen LogP contribution < -0.4 is 5.32 Å². The third-order valence-corrected chi connectivity index (χ3v) is 4.39. The van der Waals surface area contributed by atoms with E-state index >= 15 is 0 Å². The number of alkyl carbamates (subject to hydrolysis) is 1. The summed E-state index contributed by atoms with van der Waals surface area (Å²) in [6.07, 6.45) is 0.852. The van der Waals surface area contributed by atoms with E-state index in [9.17, 15) is 9.59 Å². The SMILES string of the molecule is C=CCOC(=O)[C@H](NC(=O)OC(C)(C)C)[C@H](C)SCc1ccccc1. The molecule has 0 spiro atoms. The maximum absolute atomic E-state index is 12.3. The van der Waals surface area contributed by atoms with Gasteiger partial charge in [0.25, 0.3) is 0 Å². The number of hydrogen-bond donors (Lipinski definition) is 1. The summed E-state index contributed by atoms with van der Waals surface area (Å²) in [5, 5.41) is 2.44. The van der Waals surface area contributed by atoms with Crippen molar-refractivity contribution >= 4 is 23.8 Å². The van der Waals surface area contributed by atoms with Crippen LogP contribution >= 0.6 is 11.8 Å². The molecule has 1 N–H and O–H groups in total. The molecule has 1 aromatic carbocycles. The van der Waals surface area contributed by atoms with Crippen molar-refractivity contribution in [1.29, 1.82) is 0 Å². The highest BCUT2D eigenvalue weighted by molar-refractivity contribution is 7.99. The molecule has 0 saturated carbocycles. The first-order chi connectivity index (χ1) is 11.7. The van der Waals surface area contributed by atoms with Crippen molar-refractivity contribution in [3.8, 4) is 0 Å². The van der Waals surface area contributed by atoms with Gasteiger partial charge < -0.3 is 14.8 Å². The number of nitrogens with one attached hydrogen (secondary N) is 1. The van der Waals surface area contributed by atoms with Crippen molar-refractivity contribution < 1.29 is 19.1 Å². The topological polar surface area (TPSA) is 64.6 Å². The highest BCUT2D eigenvalue weighted by atomic mass is 32.2. The van der Waals surface area contributed by atoms with E-state index in [1.54, 1.807) is 32.5 Å². The third kappa shape index (κ3) is 8.63. The Morgan fingerprint density at radius 1 is 1.28 bits per heavy atom. The van der Waals surface area contributed by atoms with Crippen LogP contribution in [-0.2, 0) is 20.0 Å². The third-order valence-electron chi connectivity index (χ3n) is 3.09. The number of esters is 1. The Bertz CT molecular complexity index is 569. The van der Waals surface area contributed by atoms with Gasteiger partial charge in [-0.1, -0.05) is 49.9 Å². The van der Waals surface area contributed by atoms with Crippen molar-refractivity contribution in [2.45, 2.75) is 50.3 Å². The normalized spacial score (nSPS) is 13.4. The van der Waals surface area contributed by atoms with Crippen LogP contribution in [0.1, 0.15) is 33.3 Å². The summed E-state index contributed by atoms with van der Waals surface area (Å²) in [4.78, 5) is 24.4. The first-order valence-corrected chi connectivity index (χ1v) is 9.20. The Labute approximate surface area is 154 Å². The lowest BCUT2D eigenvalue weighted by atomic mass is 10.2. The molecule has 0 bridgehead atoms. The first kappa shape index (κ1) is 21.1. The monoisotopic (exact) mass is 365 g/mol. The van der Waals surface area contributed by atoms with Crippen LogP contribution in [0.2, 0.25) is 0 Å². The van der Waals surface area contributed by atoms with Crippen LogP contribution in [0.4, 0.5) is 4.79 Å². The molecule has 0 unspecified atom stereocenters. The van der Waals surface area contributed by atoms with Crippen LogP contribution in [0, 0.1) is 0 Å². The molecule has 6 heteroatoms. The van der Waals surface area contributed by atoms with Crippen LogP contribution in [0.15, 0.2) is 43.0 Å². The number of amides is 1. The van der Waals surface area contributed by atoms with Crippen LogP contribution in [-0.4, -0.2) is 35.6 Å². The minimum absolute atomic E-state index is 0.0986. The fourth-order valence-corrected chi connectivity index (χ4v) is 2.95. The van der Waals surface area contributed by atoms with Gasteiger partial charge in [0.05, 0.1) is 0 Å². The van der Waals surface area contributed by atoms with Crippen LogP contribution in [0.25, 0.3) is 0 Å². The maximum Gasteiger partial charge on any atom is 0.408 e. The highest BCUT2D eigenvalue weighted by Crippen LogP contribution is 2.21. The fraction of sp³-hybridized carbons (Fsp3) is 0.474. The molecule has 25 heavy (non-hydrogen) atoms. The molecular formula is C19H27NO4S. The smallest absolute Gasteiger partial charge is 0.408 e. The number of rotatable bonds is 8. The molecule has 2 atom stereocenters. The lowest BCUT2D eigenvalue weighted by molar-refractivity contribution is -0.144. The summed E-state index contributed by atoms with van der Waals surface area (Å²) in [5.41, 5.74) is 0.509. The van der Waals surface area contributed by atoms with Crippen molar-refractivity contribution in [3.63, 3.8) is 0 Å². The van der Waals surface area contributed by atoms with E-state index < -0.39 is 23.7 Å². The summed E-state index contributed by atoms with van der Waals surface area (Å²) in [6.45, 7) is 10.8. The molecule has 0 heterocycles. The maximum atomic E-state index is 12.3. The van der Waals surface area contributed by atoms with Gasteiger partial charge in [-0.25, -0.2) is 9.59 Å². The summed E-state index contributed by atoms with van der Waals surface area (Å²) in [6, 6.07) is 9.13. The van der Waals surface area contributed by atoms with Crippen LogP contribution in [0.5, 0.6) is 0 Å². The van der Waals surface area contributed by atoms with Gasteiger partial charge in [-0.15, -0.1) is 0 Å². The molecule has 0 aliphatic carbocycles. The number of hydrogen-bond acceptors (Lipinski definition) is 5. The van der Waals surface area contributed by atoms with Gasteiger partial charge in [0.1, 0.15) is 18.2 Å². The Kier molecular flexibility index (Phi) is 8.55. The number of carbonyl (C=O) groups excluding carboxylic acids is 2. The quantitative estimate of drug-likeness (QED) is 0.558. The predicted octanol–water partition coefficient (Wildman–Crippen LogP) is 3.93. The van der Waals surface area contributed by atoms with E-state index in [-0.39, 0.29) is 11.9 Å². The van der Waals surface area contributed by atoms with E-state index in [4.69, 9.17) is 9.47 Å². The second-order valence-corrected chi connectivity index (χ2v) is 7.91. The Morgan fingerprint density at radius 3 is 2.48 bits per heavy atom. The van der Waals surface area contributed by atoms with Crippen molar-refractivity contribution in [3.05, 3.63) is 48.6 Å². The highest BCUT2D eigenvalue weighted by Gasteiger charge is 2.30. The molecular weight excluding hydrogens is 338 g/mol. The lowest BCUT2D eigenvalue weighted by Gasteiger charge is -2.26. The fourth-order valence-electron chi connectivity index (χ4n) is 1.93. The molecule has 138 valence electrons. The summed E-state index contributed by atoms with van der Waals surface area (Å²) in [7, 11) is 0. The van der Waals surface area contributed by atoms with E-state index in [0.29, 0.717) is 0 Å². The molecule has 0 fully saturated rings. The molecule has 5 nitrogen and oxygen atoms in total. The van der Waals surface area contributed by atoms with Gasteiger partial charge in [0, 0.05) is 11.0 Å². The second-order valence-electron chi connectivity index (χ2n) is 6.54. The molecule has 1 rings (SSSR count). The molecule has 1 amide bonds. The zero-order valence-corrected chi connectivity index (χ0v) is 16.1. The van der Waals surface area contributed by atoms with E-state index in [0.717, 1.165) is 11.3 Å². The molecule has 0 aliphatic heterocycles. The summed E-state index contributed by atoms with van der Waals surface area (Å²) in [5.74, 6) is 0.224. The van der Waals surface area contributed by atoms with Crippen molar-refractivity contribution in [2.75, 3.05) is 6.61 Å². The molecule has 0 aromatic heterocycles. The first-order valence-electron chi connectivity index (χ1n) is 8.15. The molecule has 1 aromatic rings. The Morgan fingerprint density at radius 2 is 1.92 bits per heavy atom. The van der Waals surface area contributed by atoms with E-state index in [1.807, 2.05) is 37.3 Å². The van der Waals surface area contributed by atoms with Gasteiger partial charge in [-0.3, -0.25) is 0 Å². The van der Waals surface area contributed by atoms with Gasteiger partial charge in [0.15, 0.2) is 0 Å². The van der Waals surface area contributed by atoms with Gasteiger partial charge in [0.2, 0.25) is 0 Å². The number of ether oxygens (including phenoxy) is 2. The zero-order chi connectivity index (χ0) is 18.9. The average Bonchev–Trinajstić information content (AvgIpc) is 2.54. The molecule has 0 saturated heterocycles. The van der Waals surface area contributed by atoms with Gasteiger partial charge >= 0.3 is 12.1 Å². The number of thioether (sulfide) groups is 1.